The van der Waals surface area contributed by atoms with Gasteiger partial charge >= 0.3 is 18.0 Å². The Balaban J connectivity index is 1.37. The lowest BCUT2D eigenvalue weighted by Crippen LogP contribution is -2.53. The molecule has 0 spiro atoms. The van der Waals surface area contributed by atoms with Crippen molar-refractivity contribution in [1.82, 2.24) is 9.80 Å². The number of rotatable bonds is 8. The Bertz CT molecular complexity index is 1420. The number of hydrogen-bond acceptors (Lipinski definition) is 7. The topological polar surface area (TPSA) is 131 Å². The molecule has 2 aliphatic rings. The van der Waals surface area contributed by atoms with E-state index in [1.165, 1.54) is 12.1 Å². The number of carbonyl (C=O) groups excluding carboxylic acids is 4. The maximum atomic E-state index is 13.2. The first kappa shape index (κ1) is 25.7. The van der Waals surface area contributed by atoms with Crippen LogP contribution in [0.4, 0.5) is 4.79 Å². The van der Waals surface area contributed by atoms with Gasteiger partial charge in [0.2, 0.25) is 0 Å². The molecule has 3 aromatic carbocycles. The fraction of sp³-hybridized carbons (Fsp3) is 0.207. The summed E-state index contributed by atoms with van der Waals surface area (Å²) in [6, 6.07) is 19.7. The van der Waals surface area contributed by atoms with E-state index in [0.29, 0.717) is 4.90 Å². The summed E-state index contributed by atoms with van der Waals surface area (Å²) >= 11 is 0. The monoisotopic (exact) mass is 528 g/mol. The fourth-order valence-corrected chi connectivity index (χ4v) is 5.08. The van der Waals surface area contributed by atoms with Crippen molar-refractivity contribution >= 4 is 29.8 Å². The number of hydrogen-bond donors (Lipinski definition) is 1. The van der Waals surface area contributed by atoms with Crippen LogP contribution in [0.5, 0.6) is 0 Å². The van der Waals surface area contributed by atoms with Gasteiger partial charge in [0.1, 0.15) is 13.2 Å². The van der Waals surface area contributed by atoms with Gasteiger partial charge in [-0.25, -0.2) is 9.59 Å². The van der Waals surface area contributed by atoms with Crippen molar-refractivity contribution in [2.45, 2.75) is 12.0 Å². The zero-order chi connectivity index (χ0) is 27.7. The average molecular weight is 529 g/mol. The molecular weight excluding hydrogens is 504 g/mol. The second-order valence-corrected chi connectivity index (χ2v) is 9.14. The number of carboxylic acid groups (broad SMARTS) is 1. The molecule has 39 heavy (non-hydrogen) atoms. The standard InChI is InChI=1S/C29H24N2O8/c1-38-25(32)15-30(14-24(28(35)36)31-26(33)21-12-6-7-13-22(21)27(31)34)29(37)39-16-23-19-10-4-2-8-17(19)18-9-3-5-11-20(18)23/h2-13,23-24H,14-16H2,1H3,(H,35,36). The number of carbonyl (C=O) groups is 5. The number of aliphatic carboxylic acids is 1. The number of fused-ring (bicyclic) bond motifs is 4. The number of esters is 1. The van der Waals surface area contributed by atoms with Crippen LogP contribution in [0.25, 0.3) is 11.1 Å². The Morgan fingerprint density at radius 2 is 1.33 bits per heavy atom. The van der Waals surface area contributed by atoms with Crippen LogP contribution >= 0.6 is 0 Å². The van der Waals surface area contributed by atoms with Crippen LogP contribution in [0, 0.1) is 0 Å². The van der Waals surface area contributed by atoms with E-state index in [2.05, 4.69) is 4.74 Å². The molecule has 1 aliphatic heterocycles. The molecule has 3 amide bonds. The van der Waals surface area contributed by atoms with E-state index >= 15 is 0 Å². The molecule has 0 radical (unpaired) electrons. The first-order valence-electron chi connectivity index (χ1n) is 12.2. The molecule has 1 heterocycles. The molecule has 1 unspecified atom stereocenters. The summed E-state index contributed by atoms with van der Waals surface area (Å²) in [5.74, 6) is -4.21. The molecule has 0 bridgehead atoms. The zero-order valence-electron chi connectivity index (χ0n) is 20.9. The molecule has 0 aromatic heterocycles. The fourth-order valence-electron chi connectivity index (χ4n) is 5.08. The van der Waals surface area contributed by atoms with Crippen LogP contribution in [-0.4, -0.2) is 77.6 Å². The van der Waals surface area contributed by atoms with E-state index in [0.717, 1.165) is 34.3 Å². The molecule has 1 aliphatic carbocycles. The van der Waals surface area contributed by atoms with Crippen LogP contribution in [0.15, 0.2) is 72.8 Å². The van der Waals surface area contributed by atoms with Crippen molar-refractivity contribution in [3.05, 3.63) is 95.1 Å². The third-order valence-electron chi connectivity index (χ3n) is 6.96. The highest BCUT2D eigenvalue weighted by Gasteiger charge is 2.44. The summed E-state index contributed by atoms with van der Waals surface area (Å²) in [4.78, 5) is 64.9. The van der Waals surface area contributed by atoms with Gasteiger partial charge in [-0.05, 0) is 34.4 Å². The first-order chi connectivity index (χ1) is 18.8. The maximum absolute atomic E-state index is 13.2. The first-order valence-corrected chi connectivity index (χ1v) is 12.2. The van der Waals surface area contributed by atoms with Gasteiger partial charge in [-0.2, -0.15) is 0 Å². The normalized spacial score (nSPS) is 14.3. The minimum atomic E-state index is -1.76. The molecule has 1 N–H and O–H groups in total. The van der Waals surface area contributed by atoms with Crippen molar-refractivity contribution in [3.8, 4) is 11.1 Å². The minimum absolute atomic E-state index is 0.0643. The van der Waals surface area contributed by atoms with E-state index in [-0.39, 0.29) is 23.7 Å². The SMILES string of the molecule is COC(=O)CN(CC(C(=O)O)N1C(=O)c2ccccc2C1=O)C(=O)OCC1c2ccccc2-c2ccccc21. The molecule has 0 saturated carbocycles. The van der Waals surface area contributed by atoms with E-state index in [1.807, 2.05) is 48.5 Å². The van der Waals surface area contributed by atoms with Gasteiger partial charge in [-0.15, -0.1) is 0 Å². The van der Waals surface area contributed by atoms with Crippen LogP contribution < -0.4 is 0 Å². The highest BCUT2D eigenvalue weighted by molar-refractivity contribution is 6.22. The summed E-state index contributed by atoms with van der Waals surface area (Å²) in [5.41, 5.74) is 4.12. The third-order valence-corrected chi connectivity index (χ3v) is 6.96. The second-order valence-electron chi connectivity index (χ2n) is 9.14. The lowest BCUT2D eigenvalue weighted by molar-refractivity contribution is -0.145. The molecule has 0 fully saturated rings. The number of ether oxygens (including phenoxy) is 2. The summed E-state index contributed by atoms with van der Waals surface area (Å²) < 4.78 is 10.3. The van der Waals surface area contributed by atoms with Crippen LogP contribution in [0.1, 0.15) is 37.8 Å². The van der Waals surface area contributed by atoms with Crippen LogP contribution in [0.3, 0.4) is 0 Å². The highest BCUT2D eigenvalue weighted by Crippen LogP contribution is 2.44. The maximum Gasteiger partial charge on any atom is 0.410 e. The molecule has 5 rings (SSSR count). The van der Waals surface area contributed by atoms with Gasteiger partial charge < -0.3 is 14.6 Å². The van der Waals surface area contributed by atoms with Crippen LogP contribution in [0.2, 0.25) is 0 Å². The Morgan fingerprint density at radius 1 is 0.846 bits per heavy atom. The Morgan fingerprint density at radius 3 is 1.82 bits per heavy atom. The predicted molar refractivity (Wildman–Crippen MR) is 137 cm³/mol. The Hall–Kier alpha value is -4.99. The largest absolute Gasteiger partial charge is 0.480 e. The molecule has 3 aromatic rings. The van der Waals surface area contributed by atoms with Crippen molar-refractivity contribution in [1.29, 1.82) is 0 Å². The highest BCUT2D eigenvalue weighted by atomic mass is 16.6. The predicted octanol–water partition coefficient (Wildman–Crippen LogP) is 3.16. The number of benzene rings is 3. The third kappa shape index (κ3) is 4.61. The molecule has 198 valence electrons. The van der Waals surface area contributed by atoms with Gasteiger partial charge in [0.15, 0.2) is 6.04 Å². The number of nitrogens with zero attached hydrogens (tertiary/aromatic N) is 2. The number of amides is 3. The Labute approximate surface area is 223 Å². The summed E-state index contributed by atoms with van der Waals surface area (Å²) in [5, 5.41) is 9.95. The molecule has 10 nitrogen and oxygen atoms in total. The zero-order valence-corrected chi connectivity index (χ0v) is 20.9. The molecular formula is C29H24N2O8. The van der Waals surface area contributed by atoms with Crippen molar-refractivity contribution < 1.29 is 38.6 Å². The van der Waals surface area contributed by atoms with Gasteiger partial charge in [-0.1, -0.05) is 60.7 Å². The van der Waals surface area contributed by atoms with Gasteiger partial charge in [0.25, 0.3) is 11.8 Å². The molecule has 1 atom stereocenters. The lowest BCUT2D eigenvalue weighted by atomic mass is 9.98. The van der Waals surface area contributed by atoms with Gasteiger partial charge in [0.05, 0.1) is 24.8 Å². The van der Waals surface area contributed by atoms with Crippen molar-refractivity contribution in [2.75, 3.05) is 26.8 Å². The van der Waals surface area contributed by atoms with Gasteiger partial charge in [-0.3, -0.25) is 24.2 Å². The second kappa shape index (κ2) is 10.4. The van der Waals surface area contributed by atoms with E-state index in [4.69, 9.17) is 4.74 Å². The average Bonchev–Trinajstić information content (AvgIpc) is 3.40. The van der Waals surface area contributed by atoms with Crippen molar-refractivity contribution in [2.24, 2.45) is 0 Å². The number of imide groups is 1. The molecule has 0 saturated heterocycles. The smallest absolute Gasteiger partial charge is 0.410 e. The van der Waals surface area contributed by atoms with Crippen molar-refractivity contribution in [3.63, 3.8) is 0 Å². The van der Waals surface area contributed by atoms with E-state index in [9.17, 15) is 29.1 Å². The van der Waals surface area contributed by atoms with Gasteiger partial charge in [0, 0.05) is 5.92 Å². The Kier molecular flexibility index (Phi) is 6.84. The quantitative estimate of drug-likeness (QED) is 0.349. The lowest BCUT2D eigenvalue weighted by Gasteiger charge is -2.29. The number of methoxy groups -OCH3 is 1. The van der Waals surface area contributed by atoms with Crippen LogP contribution in [-0.2, 0) is 19.1 Å². The summed E-state index contributed by atoms with van der Waals surface area (Å²) in [6.45, 7) is -1.39. The minimum Gasteiger partial charge on any atom is -0.480 e. The summed E-state index contributed by atoms with van der Waals surface area (Å²) in [7, 11) is 1.12. The van der Waals surface area contributed by atoms with E-state index < -0.39 is 49.0 Å². The molecule has 10 heteroatoms. The number of carboxylic acids is 1. The van der Waals surface area contributed by atoms with E-state index in [1.54, 1.807) is 12.1 Å². The summed E-state index contributed by atoms with van der Waals surface area (Å²) in [6.07, 6.45) is -0.981.